The molecule has 0 unspecified atom stereocenters. The zero-order chi connectivity index (χ0) is 27.4. The van der Waals surface area contributed by atoms with E-state index in [9.17, 15) is 13.8 Å². The maximum absolute atomic E-state index is 14.2. The number of halogens is 1. The Kier molecular flexibility index (Phi) is 8.01. The first-order valence-electron chi connectivity index (χ1n) is 11.7. The molecule has 0 atom stereocenters. The lowest BCUT2D eigenvalue weighted by atomic mass is 10.00. The third-order valence-electron chi connectivity index (χ3n) is 6.11. The molecule has 12 heteroatoms. The summed E-state index contributed by atoms with van der Waals surface area (Å²) in [6.45, 7) is 1.90. The summed E-state index contributed by atoms with van der Waals surface area (Å²) in [5.74, 6) is 0.628. The number of ether oxygens (including phenoxy) is 2. The molecule has 10 nitrogen and oxygen atoms in total. The summed E-state index contributed by atoms with van der Waals surface area (Å²) in [4.78, 5) is 31.0. The molecule has 1 aromatic heterocycles. The second-order valence-corrected chi connectivity index (χ2v) is 10.4. The Morgan fingerprint density at radius 2 is 1.84 bits per heavy atom. The van der Waals surface area contributed by atoms with Crippen molar-refractivity contribution in [3.05, 3.63) is 70.7 Å². The molecule has 0 radical (unpaired) electrons. The summed E-state index contributed by atoms with van der Waals surface area (Å²) in [5, 5.41) is 12.2. The van der Waals surface area contributed by atoms with Gasteiger partial charge in [0.2, 0.25) is 5.91 Å². The Bertz CT molecular complexity index is 1440. The van der Waals surface area contributed by atoms with Gasteiger partial charge in [-0.1, -0.05) is 6.07 Å². The van der Waals surface area contributed by atoms with Crippen LogP contribution in [-0.4, -0.2) is 52.8 Å². The molecule has 1 amide bonds. The Morgan fingerprint density at radius 1 is 1.13 bits per heavy atom. The summed E-state index contributed by atoms with van der Waals surface area (Å²) in [5.41, 5.74) is 4.95. The van der Waals surface area contributed by atoms with E-state index in [2.05, 4.69) is 20.8 Å². The maximum atomic E-state index is 14.2. The van der Waals surface area contributed by atoms with Gasteiger partial charge in [0, 0.05) is 12.6 Å². The average Bonchev–Trinajstić information content (AvgIpc) is 3.45. The third-order valence-corrected chi connectivity index (χ3v) is 6.92. The van der Waals surface area contributed by atoms with Gasteiger partial charge in [0.15, 0.2) is 0 Å². The van der Waals surface area contributed by atoms with Crippen LogP contribution in [-0.2, 0) is 9.36 Å². The number of amides is 1. The fraction of sp³-hybridized carbons (Fsp3) is 0.231. The van der Waals surface area contributed by atoms with E-state index in [-0.39, 0.29) is 25.0 Å². The maximum Gasteiger partial charge on any atom is 0.327 e. The normalized spacial score (nSPS) is 14.0. The van der Waals surface area contributed by atoms with E-state index in [1.807, 2.05) is 13.0 Å². The number of aromatic nitrogens is 2. The van der Waals surface area contributed by atoms with Crippen LogP contribution in [0.1, 0.15) is 30.0 Å². The van der Waals surface area contributed by atoms with Crippen LogP contribution in [0.15, 0.2) is 48.2 Å². The van der Waals surface area contributed by atoms with Crippen LogP contribution in [0.2, 0.25) is 0 Å². The van der Waals surface area contributed by atoms with Crippen molar-refractivity contribution in [2.75, 3.05) is 37.6 Å². The predicted octanol–water partition coefficient (Wildman–Crippen LogP) is 4.51. The van der Waals surface area contributed by atoms with E-state index in [0.29, 0.717) is 39.7 Å². The van der Waals surface area contributed by atoms with Crippen molar-refractivity contribution in [3.63, 3.8) is 0 Å². The zero-order valence-corrected chi connectivity index (χ0v) is 21.9. The van der Waals surface area contributed by atoms with Gasteiger partial charge in [-0.3, -0.25) is 14.5 Å². The number of hydrogen-bond donors (Lipinski definition) is 5. The van der Waals surface area contributed by atoms with Gasteiger partial charge >= 0.3 is 7.60 Å². The molecule has 2 aromatic carbocycles. The highest BCUT2D eigenvalue weighted by Crippen LogP contribution is 2.45. The Labute approximate surface area is 218 Å². The SMILES string of the molecule is COc1cc(/C=C2/C(C)=C(CC(=O)Nc3ccn[nH]3)c3cc(F)ccc32)cc(OC)c1NCCP(=O)(O)O. The van der Waals surface area contributed by atoms with Crippen LogP contribution >= 0.6 is 7.60 Å². The number of methoxy groups -OCH3 is 2. The minimum absolute atomic E-state index is 0.0161. The topological polar surface area (TPSA) is 146 Å². The number of aromatic amines is 1. The molecule has 3 aromatic rings. The molecule has 38 heavy (non-hydrogen) atoms. The van der Waals surface area contributed by atoms with Crippen molar-refractivity contribution in [1.29, 1.82) is 0 Å². The lowest BCUT2D eigenvalue weighted by molar-refractivity contribution is -0.115. The van der Waals surface area contributed by atoms with Crippen molar-refractivity contribution in [3.8, 4) is 11.5 Å². The van der Waals surface area contributed by atoms with Crippen LogP contribution in [0, 0.1) is 5.82 Å². The summed E-state index contributed by atoms with van der Waals surface area (Å²) in [7, 11) is -1.21. The van der Waals surface area contributed by atoms with Crippen LogP contribution in [0.4, 0.5) is 15.9 Å². The predicted molar refractivity (Wildman–Crippen MR) is 144 cm³/mol. The van der Waals surface area contributed by atoms with Gasteiger partial charge in [0.1, 0.15) is 28.8 Å². The molecular formula is C26H28FN4O6P. The van der Waals surface area contributed by atoms with Crippen molar-refractivity contribution in [2.45, 2.75) is 13.3 Å². The smallest absolute Gasteiger partial charge is 0.327 e. The van der Waals surface area contributed by atoms with E-state index >= 15 is 0 Å². The molecule has 0 spiro atoms. The van der Waals surface area contributed by atoms with E-state index in [1.165, 1.54) is 32.5 Å². The second-order valence-electron chi connectivity index (χ2n) is 8.66. The highest BCUT2D eigenvalue weighted by Gasteiger charge is 2.26. The number of rotatable bonds is 10. The molecule has 0 fully saturated rings. The quantitative estimate of drug-likeness (QED) is 0.235. The number of benzene rings is 2. The molecule has 1 aliphatic carbocycles. The fourth-order valence-electron chi connectivity index (χ4n) is 4.34. The first-order valence-corrected chi connectivity index (χ1v) is 13.4. The lowest BCUT2D eigenvalue weighted by Gasteiger charge is -2.17. The van der Waals surface area contributed by atoms with Crippen LogP contribution < -0.4 is 20.1 Å². The Hall–Kier alpha value is -3.92. The Balaban J connectivity index is 1.70. The number of allylic oxidation sites excluding steroid dienone is 2. The number of hydrogen-bond acceptors (Lipinski definition) is 6. The number of H-pyrrole nitrogens is 1. The first kappa shape index (κ1) is 27.1. The van der Waals surface area contributed by atoms with Crippen molar-refractivity contribution in [2.24, 2.45) is 0 Å². The fourth-order valence-corrected chi connectivity index (χ4v) is 4.75. The molecule has 0 aliphatic heterocycles. The molecule has 0 bridgehead atoms. The van der Waals surface area contributed by atoms with Crippen LogP contribution in [0.25, 0.3) is 17.2 Å². The third kappa shape index (κ3) is 6.13. The van der Waals surface area contributed by atoms with Gasteiger partial charge < -0.3 is 29.9 Å². The molecule has 1 aliphatic rings. The molecule has 4 rings (SSSR count). The molecular weight excluding hydrogens is 514 g/mol. The first-order chi connectivity index (χ1) is 18.1. The van der Waals surface area contributed by atoms with Gasteiger partial charge in [-0.2, -0.15) is 5.10 Å². The van der Waals surface area contributed by atoms with Crippen molar-refractivity contribution >= 4 is 42.2 Å². The van der Waals surface area contributed by atoms with Crippen LogP contribution in [0.5, 0.6) is 11.5 Å². The van der Waals surface area contributed by atoms with Gasteiger partial charge in [-0.25, -0.2) is 4.39 Å². The van der Waals surface area contributed by atoms with E-state index in [0.717, 1.165) is 16.7 Å². The average molecular weight is 543 g/mol. The number of nitrogens with zero attached hydrogens (tertiary/aromatic N) is 1. The lowest BCUT2D eigenvalue weighted by Crippen LogP contribution is -2.12. The number of fused-ring (bicyclic) bond motifs is 1. The number of carbonyl (C=O) groups excluding carboxylic acids is 1. The van der Waals surface area contributed by atoms with Gasteiger partial charge in [-0.05, 0) is 70.7 Å². The minimum atomic E-state index is -4.17. The van der Waals surface area contributed by atoms with Gasteiger partial charge in [0.05, 0.1) is 33.0 Å². The van der Waals surface area contributed by atoms with E-state index < -0.39 is 13.4 Å². The summed E-state index contributed by atoms with van der Waals surface area (Å²) in [6.07, 6.45) is 3.12. The number of carbonyl (C=O) groups is 1. The minimum Gasteiger partial charge on any atom is -0.494 e. The zero-order valence-electron chi connectivity index (χ0n) is 21.0. The highest BCUT2D eigenvalue weighted by atomic mass is 31.2. The largest absolute Gasteiger partial charge is 0.494 e. The van der Waals surface area contributed by atoms with Crippen LogP contribution in [0.3, 0.4) is 0 Å². The van der Waals surface area contributed by atoms with Crippen molar-refractivity contribution in [1.82, 2.24) is 10.2 Å². The molecule has 0 saturated heterocycles. The summed E-state index contributed by atoms with van der Waals surface area (Å²) < 4.78 is 36.5. The molecule has 200 valence electrons. The van der Waals surface area contributed by atoms with E-state index in [1.54, 1.807) is 24.3 Å². The number of nitrogens with one attached hydrogen (secondary N) is 3. The second kappa shape index (κ2) is 11.2. The summed E-state index contributed by atoms with van der Waals surface area (Å²) >= 11 is 0. The molecule has 5 N–H and O–H groups in total. The van der Waals surface area contributed by atoms with E-state index in [4.69, 9.17) is 19.3 Å². The van der Waals surface area contributed by atoms with Gasteiger partial charge in [0.25, 0.3) is 0 Å². The Morgan fingerprint density at radius 3 is 2.45 bits per heavy atom. The molecule has 0 saturated carbocycles. The summed E-state index contributed by atoms with van der Waals surface area (Å²) in [6, 6.07) is 9.64. The van der Waals surface area contributed by atoms with Crippen molar-refractivity contribution < 1.29 is 33.0 Å². The van der Waals surface area contributed by atoms with Gasteiger partial charge in [-0.15, -0.1) is 0 Å². The molecule has 1 heterocycles. The monoisotopic (exact) mass is 542 g/mol. The standard InChI is InChI=1S/C26H28FN4O6P/c1-15-19(10-16-11-22(36-2)26(23(12-16)37-3)28-8-9-38(33,34)35)18-5-4-17(27)13-21(18)20(15)14-25(32)30-24-6-7-29-31-24/h4-7,10-13,28H,8-9,14H2,1-3H3,(H2,33,34,35)(H2,29,30,31,32)/b19-10-. The number of anilines is 2. The highest BCUT2D eigenvalue weighted by molar-refractivity contribution is 7.51.